The van der Waals surface area contributed by atoms with Gasteiger partial charge in [0.2, 0.25) is 0 Å². The first-order chi connectivity index (χ1) is 8.06. The van der Waals surface area contributed by atoms with Crippen LogP contribution in [-0.2, 0) is 0 Å². The molecule has 17 heavy (non-hydrogen) atoms. The molecule has 0 spiro atoms. The van der Waals surface area contributed by atoms with Crippen LogP contribution in [0.4, 0.5) is 0 Å². The molecule has 0 fully saturated rings. The van der Waals surface area contributed by atoms with Gasteiger partial charge in [0.05, 0.1) is 6.04 Å². The summed E-state index contributed by atoms with van der Waals surface area (Å²) in [5, 5.41) is 6.43. The molecule has 5 nitrogen and oxygen atoms in total. The van der Waals surface area contributed by atoms with E-state index in [4.69, 9.17) is 8.94 Å². The number of nitrogens with zero attached hydrogens (tertiary/aromatic N) is 1. The molecule has 0 bridgehead atoms. The van der Waals surface area contributed by atoms with Crippen LogP contribution in [0, 0.1) is 13.8 Å². The summed E-state index contributed by atoms with van der Waals surface area (Å²) in [6, 6.07) is 5.09. The minimum absolute atomic E-state index is 0.201. The molecule has 2 rings (SSSR count). The molecule has 0 saturated carbocycles. The smallest absolute Gasteiger partial charge is 0.274 e. The second kappa shape index (κ2) is 4.45. The van der Waals surface area contributed by atoms with Crippen molar-refractivity contribution < 1.29 is 13.7 Å². The van der Waals surface area contributed by atoms with E-state index in [2.05, 4.69) is 10.5 Å². The predicted molar refractivity (Wildman–Crippen MR) is 60.6 cm³/mol. The predicted octanol–water partition coefficient (Wildman–Crippen LogP) is 2.38. The van der Waals surface area contributed by atoms with Gasteiger partial charge in [-0.1, -0.05) is 5.16 Å². The van der Waals surface area contributed by atoms with Crippen molar-refractivity contribution in [3.63, 3.8) is 0 Å². The largest absolute Gasteiger partial charge is 0.464 e. The number of aromatic nitrogens is 1. The van der Waals surface area contributed by atoms with Gasteiger partial charge in [-0.05, 0) is 32.9 Å². The lowest BCUT2D eigenvalue weighted by Crippen LogP contribution is -2.26. The van der Waals surface area contributed by atoms with Crippen LogP contribution in [0.3, 0.4) is 0 Å². The number of carbonyl (C=O) groups excluding carboxylic acids is 1. The highest BCUT2D eigenvalue weighted by Gasteiger charge is 2.16. The van der Waals surface area contributed by atoms with E-state index >= 15 is 0 Å². The molecule has 1 unspecified atom stereocenters. The molecule has 0 aromatic carbocycles. The van der Waals surface area contributed by atoms with Crippen LogP contribution in [0.1, 0.15) is 40.7 Å². The van der Waals surface area contributed by atoms with E-state index in [1.54, 1.807) is 13.0 Å². The zero-order valence-electron chi connectivity index (χ0n) is 9.98. The lowest BCUT2D eigenvalue weighted by Gasteiger charge is -2.09. The highest BCUT2D eigenvalue weighted by atomic mass is 16.5. The van der Waals surface area contributed by atoms with Gasteiger partial charge in [-0.15, -0.1) is 0 Å². The number of furan rings is 1. The van der Waals surface area contributed by atoms with Gasteiger partial charge < -0.3 is 14.3 Å². The SMILES string of the molecule is Cc1cc(C(=O)NC(C)c2ccc(C)o2)no1. The van der Waals surface area contributed by atoms with Crippen LogP contribution in [0.2, 0.25) is 0 Å². The molecule has 0 aliphatic carbocycles. The van der Waals surface area contributed by atoms with Crippen LogP contribution in [0.25, 0.3) is 0 Å². The Bertz CT molecular complexity index is 527. The van der Waals surface area contributed by atoms with Crippen molar-refractivity contribution in [1.29, 1.82) is 0 Å². The molecule has 5 heteroatoms. The minimum Gasteiger partial charge on any atom is -0.464 e. The van der Waals surface area contributed by atoms with Crippen molar-refractivity contribution >= 4 is 5.91 Å². The molecule has 90 valence electrons. The number of rotatable bonds is 3. The third-order valence-corrected chi connectivity index (χ3v) is 2.40. The Kier molecular flexibility index (Phi) is 2.99. The molecule has 0 aliphatic rings. The second-order valence-corrected chi connectivity index (χ2v) is 3.97. The fraction of sp³-hybridized carbons (Fsp3) is 0.333. The van der Waals surface area contributed by atoms with E-state index in [1.165, 1.54) is 0 Å². The number of hydrogen-bond donors (Lipinski definition) is 1. The molecular weight excluding hydrogens is 220 g/mol. The maximum absolute atomic E-state index is 11.8. The highest BCUT2D eigenvalue weighted by molar-refractivity contribution is 5.92. The van der Waals surface area contributed by atoms with E-state index in [0.29, 0.717) is 5.76 Å². The lowest BCUT2D eigenvalue weighted by atomic mass is 10.2. The first kappa shape index (κ1) is 11.4. The van der Waals surface area contributed by atoms with Gasteiger partial charge >= 0.3 is 0 Å². The zero-order valence-corrected chi connectivity index (χ0v) is 9.98. The Hall–Kier alpha value is -2.04. The van der Waals surface area contributed by atoms with Gasteiger partial charge in [0.25, 0.3) is 5.91 Å². The van der Waals surface area contributed by atoms with Crippen molar-refractivity contribution in [2.75, 3.05) is 0 Å². The van der Waals surface area contributed by atoms with Gasteiger partial charge in [0, 0.05) is 6.07 Å². The number of nitrogens with one attached hydrogen (secondary N) is 1. The quantitative estimate of drug-likeness (QED) is 0.885. The first-order valence-corrected chi connectivity index (χ1v) is 5.37. The molecule has 0 aliphatic heterocycles. The minimum atomic E-state index is -0.275. The summed E-state index contributed by atoms with van der Waals surface area (Å²) in [5.41, 5.74) is 0.276. The van der Waals surface area contributed by atoms with Gasteiger partial charge in [0.15, 0.2) is 5.69 Å². The van der Waals surface area contributed by atoms with Crippen LogP contribution < -0.4 is 5.32 Å². The monoisotopic (exact) mass is 234 g/mol. The van der Waals surface area contributed by atoms with Crippen molar-refractivity contribution in [3.8, 4) is 0 Å². The first-order valence-electron chi connectivity index (χ1n) is 5.37. The van der Waals surface area contributed by atoms with Crippen LogP contribution in [0.15, 0.2) is 27.1 Å². The average molecular weight is 234 g/mol. The number of hydrogen-bond acceptors (Lipinski definition) is 4. The fourth-order valence-electron chi connectivity index (χ4n) is 1.50. The second-order valence-electron chi connectivity index (χ2n) is 3.97. The molecular formula is C12H14N2O3. The molecule has 2 aromatic rings. The van der Waals surface area contributed by atoms with E-state index in [-0.39, 0.29) is 17.6 Å². The van der Waals surface area contributed by atoms with E-state index in [9.17, 15) is 4.79 Å². The molecule has 1 N–H and O–H groups in total. The Morgan fingerprint density at radius 3 is 2.65 bits per heavy atom. The number of amides is 1. The van der Waals surface area contributed by atoms with Crippen LogP contribution in [-0.4, -0.2) is 11.1 Å². The highest BCUT2D eigenvalue weighted by Crippen LogP contribution is 2.16. The maximum atomic E-state index is 11.8. The van der Waals surface area contributed by atoms with E-state index in [1.807, 2.05) is 26.0 Å². The van der Waals surface area contributed by atoms with E-state index < -0.39 is 0 Å². The standard InChI is InChI=1S/C12H14N2O3/c1-7-4-5-11(16-7)9(3)13-12(15)10-6-8(2)17-14-10/h4-6,9H,1-3H3,(H,13,15). The summed E-state index contributed by atoms with van der Waals surface area (Å²) >= 11 is 0. The van der Waals surface area contributed by atoms with E-state index in [0.717, 1.165) is 11.5 Å². The Balaban J connectivity index is 2.04. The van der Waals surface area contributed by atoms with Gasteiger partial charge in [-0.25, -0.2) is 0 Å². The summed E-state index contributed by atoms with van der Waals surface area (Å²) in [6.07, 6.45) is 0. The molecule has 2 aromatic heterocycles. The van der Waals surface area contributed by atoms with Gasteiger partial charge in [0.1, 0.15) is 17.3 Å². The average Bonchev–Trinajstić information content (AvgIpc) is 2.87. The third-order valence-electron chi connectivity index (χ3n) is 2.40. The van der Waals surface area contributed by atoms with Crippen molar-refractivity contribution in [3.05, 3.63) is 41.2 Å². The Morgan fingerprint density at radius 2 is 2.12 bits per heavy atom. The lowest BCUT2D eigenvalue weighted by molar-refractivity contribution is 0.0926. The molecule has 0 radical (unpaired) electrons. The molecule has 0 saturated heterocycles. The third kappa shape index (κ3) is 2.55. The Morgan fingerprint density at radius 1 is 1.35 bits per heavy atom. The maximum Gasteiger partial charge on any atom is 0.274 e. The topological polar surface area (TPSA) is 68.3 Å². The summed E-state index contributed by atoms with van der Waals surface area (Å²) < 4.78 is 10.3. The van der Waals surface area contributed by atoms with Crippen LogP contribution >= 0.6 is 0 Å². The van der Waals surface area contributed by atoms with Gasteiger partial charge in [-0.3, -0.25) is 4.79 Å². The number of carbonyl (C=O) groups is 1. The fourth-order valence-corrected chi connectivity index (χ4v) is 1.50. The summed E-state index contributed by atoms with van der Waals surface area (Å²) in [6.45, 7) is 5.45. The zero-order chi connectivity index (χ0) is 12.4. The van der Waals surface area contributed by atoms with Crippen molar-refractivity contribution in [2.24, 2.45) is 0 Å². The van der Waals surface area contributed by atoms with Crippen molar-refractivity contribution in [2.45, 2.75) is 26.8 Å². The summed E-state index contributed by atoms with van der Waals surface area (Å²) in [4.78, 5) is 11.8. The Labute approximate surface area is 98.8 Å². The number of aryl methyl sites for hydroxylation is 2. The molecule has 1 atom stereocenters. The van der Waals surface area contributed by atoms with Gasteiger partial charge in [-0.2, -0.15) is 0 Å². The summed E-state index contributed by atoms with van der Waals surface area (Å²) in [5.74, 6) is 1.87. The normalized spacial score (nSPS) is 12.4. The van der Waals surface area contributed by atoms with Crippen molar-refractivity contribution in [1.82, 2.24) is 10.5 Å². The van der Waals surface area contributed by atoms with Crippen LogP contribution in [0.5, 0.6) is 0 Å². The molecule has 1 amide bonds. The molecule has 2 heterocycles. The summed E-state index contributed by atoms with van der Waals surface area (Å²) in [7, 11) is 0.